The molecule has 0 aliphatic carbocycles. The first-order valence-electron chi connectivity index (χ1n) is 17.9. The maximum absolute atomic E-state index is 6.88. The van der Waals surface area contributed by atoms with Crippen molar-refractivity contribution in [3.63, 3.8) is 0 Å². The molecule has 0 spiro atoms. The Morgan fingerprint density at radius 1 is 0.837 bits per heavy atom. The highest BCUT2D eigenvalue weighted by Gasteiger charge is 2.36. The fourth-order valence-electron chi connectivity index (χ4n) is 8.20. The van der Waals surface area contributed by atoms with Crippen LogP contribution in [0.4, 0.5) is 0 Å². The van der Waals surface area contributed by atoms with Crippen LogP contribution in [0.1, 0.15) is 81.2 Å². The van der Waals surface area contributed by atoms with Crippen molar-refractivity contribution >= 4 is 27.7 Å². The number of fused-ring (bicyclic) bond motifs is 5. The quantitative estimate of drug-likeness (QED) is 0.157. The Kier molecular flexibility index (Phi) is 7.82. The number of nitrogens with zero attached hydrogens (tertiary/aromatic N) is 3. The average molecular weight is 648 g/mol. The Morgan fingerprint density at radius 3 is 2.39 bits per heavy atom. The summed E-state index contributed by atoms with van der Waals surface area (Å²) in [6.07, 6.45) is 6.58. The Morgan fingerprint density at radius 2 is 1.61 bits per heavy atom. The van der Waals surface area contributed by atoms with Gasteiger partial charge in [0.25, 0.3) is 0 Å². The zero-order valence-electron chi connectivity index (χ0n) is 29.5. The van der Waals surface area contributed by atoms with Crippen molar-refractivity contribution in [3.05, 3.63) is 119 Å². The van der Waals surface area contributed by atoms with E-state index in [9.17, 15) is 0 Å². The molecule has 0 unspecified atom stereocenters. The van der Waals surface area contributed by atoms with Crippen molar-refractivity contribution in [3.8, 4) is 28.4 Å². The largest absolute Gasteiger partial charge is 0.475 e. The lowest BCUT2D eigenvalue weighted by Gasteiger charge is -2.34. The van der Waals surface area contributed by atoms with Crippen LogP contribution in [0.15, 0.2) is 96.1 Å². The van der Waals surface area contributed by atoms with E-state index in [1.165, 1.54) is 45.8 Å². The SMILES string of the molecule is CCCC(CCC)[C@@H]1COC(c2cc(Oc3cc4c(cc3C)c3cc(C)cc5c3n4-c3ncccc3C5(C)C)cc(-c3ccccc3)c2)=N1. The number of ether oxygens (including phenoxy) is 2. The summed E-state index contributed by atoms with van der Waals surface area (Å²) in [5.74, 6) is 3.83. The minimum Gasteiger partial charge on any atom is -0.475 e. The third kappa shape index (κ3) is 5.31. The Hall–Kier alpha value is -4.90. The molecule has 0 radical (unpaired) electrons. The standard InChI is InChI=1S/C44H45N3O2/c1-7-13-30(14-8-2)38-26-48-43(46-38)32-22-31(29-15-10-9-11-16-29)23-33(24-32)49-40-25-39-34(21-28(40)4)35-19-27(3)20-37-41(35)47(39)42-36(44(37,5)6)17-12-18-45-42/h9-12,15-25,30,38H,7-8,13-14,26H2,1-6H3/t38-/m0/s1. The Balaban J connectivity index is 1.26. The number of pyridine rings is 1. The molecule has 0 bridgehead atoms. The third-order valence-corrected chi connectivity index (χ3v) is 10.7. The van der Waals surface area contributed by atoms with Gasteiger partial charge in [-0.3, -0.25) is 4.57 Å². The number of benzene rings is 4. The summed E-state index contributed by atoms with van der Waals surface area (Å²) in [6, 6.07) is 30.5. The monoisotopic (exact) mass is 647 g/mol. The van der Waals surface area contributed by atoms with Crippen LogP contribution in [0.3, 0.4) is 0 Å². The van der Waals surface area contributed by atoms with E-state index < -0.39 is 0 Å². The van der Waals surface area contributed by atoms with Crippen molar-refractivity contribution in [1.82, 2.24) is 9.55 Å². The summed E-state index contributed by atoms with van der Waals surface area (Å²) in [4.78, 5) is 10.1. The maximum Gasteiger partial charge on any atom is 0.216 e. The average Bonchev–Trinajstić information content (AvgIpc) is 3.71. The van der Waals surface area contributed by atoms with Crippen LogP contribution in [0.5, 0.6) is 11.5 Å². The van der Waals surface area contributed by atoms with Crippen LogP contribution in [0, 0.1) is 19.8 Å². The number of aromatic nitrogens is 2. The van der Waals surface area contributed by atoms with E-state index >= 15 is 0 Å². The van der Waals surface area contributed by atoms with Crippen LogP contribution >= 0.6 is 0 Å². The molecule has 0 N–H and O–H groups in total. The third-order valence-electron chi connectivity index (χ3n) is 10.7. The van der Waals surface area contributed by atoms with Crippen LogP contribution in [-0.2, 0) is 10.2 Å². The summed E-state index contributed by atoms with van der Waals surface area (Å²) >= 11 is 0. The lowest BCUT2D eigenvalue weighted by Crippen LogP contribution is -2.27. The van der Waals surface area contributed by atoms with E-state index in [1.54, 1.807) is 0 Å². The molecule has 0 fully saturated rings. The van der Waals surface area contributed by atoms with Gasteiger partial charge in [0.2, 0.25) is 5.90 Å². The molecular formula is C44H45N3O2. The molecule has 1 atom stereocenters. The van der Waals surface area contributed by atoms with Gasteiger partial charge in [-0.2, -0.15) is 0 Å². The van der Waals surface area contributed by atoms with Crippen molar-refractivity contribution in [1.29, 1.82) is 0 Å². The smallest absolute Gasteiger partial charge is 0.216 e. The van der Waals surface area contributed by atoms with Crippen molar-refractivity contribution in [2.24, 2.45) is 10.9 Å². The van der Waals surface area contributed by atoms with E-state index in [1.807, 2.05) is 6.20 Å². The minimum atomic E-state index is -0.169. The molecule has 5 nitrogen and oxygen atoms in total. The molecule has 6 aromatic rings. The zero-order valence-corrected chi connectivity index (χ0v) is 29.5. The van der Waals surface area contributed by atoms with Gasteiger partial charge in [0.15, 0.2) is 0 Å². The van der Waals surface area contributed by atoms with Crippen molar-refractivity contribution in [2.75, 3.05) is 6.61 Å². The molecule has 0 saturated heterocycles. The number of rotatable bonds is 9. The topological polar surface area (TPSA) is 48.6 Å². The summed E-state index contributed by atoms with van der Waals surface area (Å²) < 4.78 is 15.6. The van der Waals surface area contributed by atoms with Gasteiger partial charge in [0.1, 0.15) is 23.9 Å². The highest BCUT2D eigenvalue weighted by atomic mass is 16.5. The number of aliphatic imine (C=N–C) groups is 1. The van der Waals surface area contributed by atoms with Gasteiger partial charge < -0.3 is 9.47 Å². The summed E-state index contributed by atoms with van der Waals surface area (Å²) in [7, 11) is 0. The first kappa shape index (κ1) is 31.4. The molecule has 49 heavy (non-hydrogen) atoms. The van der Waals surface area contributed by atoms with E-state index in [2.05, 4.69) is 131 Å². The van der Waals surface area contributed by atoms with Gasteiger partial charge in [-0.1, -0.05) is 88.6 Å². The fourth-order valence-corrected chi connectivity index (χ4v) is 8.20. The predicted octanol–water partition coefficient (Wildman–Crippen LogP) is 11.3. The van der Waals surface area contributed by atoms with E-state index in [0.717, 1.165) is 57.9 Å². The molecule has 0 amide bonds. The van der Waals surface area contributed by atoms with Gasteiger partial charge in [0.05, 0.1) is 17.1 Å². The summed E-state index contributed by atoms with van der Waals surface area (Å²) in [5.41, 5.74) is 10.2. The molecule has 0 saturated carbocycles. The maximum atomic E-state index is 6.88. The molecule has 4 heterocycles. The van der Waals surface area contributed by atoms with Gasteiger partial charge in [-0.05, 0) is 91.3 Å². The van der Waals surface area contributed by atoms with Gasteiger partial charge in [-0.15, -0.1) is 0 Å². The van der Waals surface area contributed by atoms with Crippen LogP contribution in [0.2, 0.25) is 0 Å². The van der Waals surface area contributed by atoms with Gasteiger partial charge in [-0.25, -0.2) is 9.98 Å². The van der Waals surface area contributed by atoms with E-state index in [-0.39, 0.29) is 11.5 Å². The molecule has 5 heteroatoms. The highest BCUT2D eigenvalue weighted by molar-refractivity contribution is 6.12. The van der Waals surface area contributed by atoms with Crippen LogP contribution in [-0.4, -0.2) is 28.1 Å². The summed E-state index contributed by atoms with van der Waals surface area (Å²) in [5, 5.41) is 2.47. The van der Waals surface area contributed by atoms with Crippen LogP contribution < -0.4 is 4.74 Å². The Labute approximate surface area is 289 Å². The first-order valence-corrected chi connectivity index (χ1v) is 17.9. The lowest BCUT2D eigenvalue weighted by atomic mass is 9.75. The molecule has 2 aliphatic heterocycles. The first-order chi connectivity index (χ1) is 23.8. The minimum absolute atomic E-state index is 0.169. The van der Waals surface area contributed by atoms with E-state index in [0.29, 0.717) is 18.4 Å². The zero-order chi connectivity index (χ0) is 33.9. The number of aryl methyl sites for hydroxylation is 2. The van der Waals surface area contributed by atoms with Crippen molar-refractivity contribution < 1.29 is 9.47 Å². The van der Waals surface area contributed by atoms with Gasteiger partial charge >= 0.3 is 0 Å². The fraction of sp³-hybridized carbons (Fsp3) is 0.318. The van der Waals surface area contributed by atoms with Crippen LogP contribution in [0.25, 0.3) is 38.8 Å². The number of hydrogen-bond donors (Lipinski definition) is 0. The molecule has 2 aliphatic rings. The number of hydrogen-bond acceptors (Lipinski definition) is 4. The highest BCUT2D eigenvalue weighted by Crippen LogP contribution is 2.48. The molecule has 2 aromatic heterocycles. The van der Waals surface area contributed by atoms with Crippen molar-refractivity contribution in [2.45, 2.75) is 78.7 Å². The lowest BCUT2D eigenvalue weighted by molar-refractivity contribution is 0.261. The molecular weight excluding hydrogens is 603 g/mol. The molecule has 8 rings (SSSR count). The normalized spacial score (nSPS) is 16.2. The second kappa shape index (κ2) is 12.2. The summed E-state index contributed by atoms with van der Waals surface area (Å²) in [6.45, 7) is 14.1. The second-order valence-corrected chi connectivity index (χ2v) is 14.5. The predicted molar refractivity (Wildman–Crippen MR) is 202 cm³/mol. The Bertz CT molecular complexity index is 2240. The van der Waals surface area contributed by atoms with Gasteiger partial charge in [0, 0.05) is 39.6 Å². The molecule has 248 valence electrons. The van der Waals surface area contributed by atoms with E-state index in [4.69, 9.17) is 19.5 Å². The second-order valence-electron chi connectivity index (χ2n) is 14.5. The molecule has 4 aromatic carbocycles.